The molecule has 2 atom stereocenters. The summed E-state index contributed by atoms with van der Waals surface area (Å²) in [6.45, 7) is 8.41. The number of unbranched alkanes of at least 4 members (excludes halogenated alkanes) is 4. The Kier molecular flexibility index (Phi) is 12.9. The Hall–Kier alpha value is -1.06. The van der Waals surface area contributed by atoms with Crippen LogP contribution in [0.15, 0.2) is 0 Å². The minimum atomic E-state index is -0.0159. The van der Waals surface area contributed by atoms with Crippen LogP contribution in [0.1, 0.15) is 91.9 Å². The van der Waals surface area contributed by atoms with Crippen LogP contribution < -0.4 is 10.6 Å². The van der Waals surface area contributed by atoms with Gasteiger partial charge in [-0.1, -0.05) is 52.4 Å². The van der Waals surface area contributed by atoms with Crippen LogP contribution >= 0.6 is 0 Å². The molecule has 0 rings (SSSR count). The normalized spacial score (nSPS) is 13.5. The summed E-state index contributed by atoms with van der Waals surface area (Å²) < 4.78 is 0. The van der Waals surface area contributed by atoms with Gasteiger partial charge in [0.2, 0.25) is 11.8 Å². The molecule has 0 saturated heterocycles. The lowest BCUT2D eigenvalue weighted by Crippen LogP contribution is -2.35. The molecule has 0 fully saturated rings. The van der Waals surface area contributed by atoms with Crippen molar-refractivity contribution in [2.24, 2.45) is 0 Å². The van der Waals surface area contributed by atoms with Gasteiger partial charge in [-0.3, -0.25) is 9.59 Å². The lowest BCUT2D eigenvalue weighted by Gasteiger charge is -2.15. The smallest absolute Gasteiger partial charge is 0.220 e. The van der Waals surface area contributed by atoms with E-state index in [1.54, 1.807) is 0 Å². The van der Waals surface area contributed by atoms with Gasteiger partial charge in [0.25, 0.3) is 0 Å². The van der Waals surface area contributed by atoms with Crippen molar-refractivity contribution in [3.05, 3.63) is 0 Å². The third kappa shape index (κ3) is 12.7. The van der Waals surface area contributed by atoms with Crippen LogP contribution in [0.5, 0.6) is 0 Å². The zero-order chi connectivity index (χ0) is 16.8. The SMILES string of the molecule is CCCCC[C@@H](C)NC(=O)CCC(=O)N[C@H](C)CCCCC. The molecule has 4 heteroatoms. The largest absolute Gasteiger partial charge is 0.354 e. The molecule has 0 spiro atoms. The minimum absolute atomic E-state index is 0.0159. The van der Waals surface area contributed by atoms with Gasteiger partial charge >= 0.3 is 0 Å². The van der Waals surface area contributed by atoms with Crippen molar-refractivity contribution in [3.63, 3.8) is 0 Å². The maximum Gasteiger partial charge on any atom is 0.220 e. The quantitative estimate of drug-likeness (QED) is 0.506. The Balaban J connectivity index is 3.73. The summed E-state index contributed by atoms with van der Waals surface area (Å²) in [5.41, 5.74) is 0. The molecule has 0 aromatic carbocycles. The maximum atomic E-state index is 11.8. The van der Waals surface area contributed by atoms with E-state index in [0.29, 0.717) is 0 Å². The van der Waals surface area contributed by atoms with E-state index in [-0.39, 0.29) is 36.7 Å². The molecule has 0 bridgehead atoms. The second kappa shape index (κ2) is 13.6. The topological polar surface area (TPSA) is 58.2 Å². The first-order valence-corrected chi connectivity index (χ1v) is 9.08. The van der Waals surface area contributed by atoms with Crippen LogP contribution in [0.4, 0.5) is 0 Å². The summed E-state index contributed by atoms with van der Waals surface area (Å²) >= 11 is 0. The summed E-state index contributed by atoms with van der Waals surface area (Å²) in [5, 5.41) is 5.94. The number of amides is 2. The van der Waals surface area contributed by atoms with Crippen molar-refractivity contribution in [1.82, 2.24) is 10.6 Å². The lowest BCUT2D eigenvalue weighted by molar-refractivity contribution is -0.127. The Labute approximate surface area is 136 Å². The number of rotatable bonds is 13. The van der Waals surface area contributed by atoms with Crippen LogP contribution in [0.3, 0.4) is 0 Å². The fourth-order valence-electron chi connectivity index (χ4n) is 2.47. The average molecular weight is 312 g/mol. The van der Waals surface area contributed by atoms with Crippen LogP contribution in [0.2, 0.25) is 0 Å². The molecule has 2 N–H and O–H groups in total. The standard InChI is InChI=1S/C18H36N2O2/c1-5-7-9-11-15(3)19-17(21)13-14-18(22)20-16(4)12-10-8-6-2/h15-16H,5-14H2,1-4H3,(H,19,21)(H,20,22)/t15-,16-/m1/s1. The van der Waals surface area contributed by atoms with E-state index in [2.05, 4.69) is 24.5 Å². The third-order valence-corrected chi connectivity index (χ3v) is 3.88. The zero-order valence-corrected chi connectivity index (χ0v) is 15.0. The van der Waals surface area contributed by atoms with E-state index in [4.69, 9.17) is 0 Å². The van der Waals surface area contributed by atoms with Gasteiger partial charge < -0.3 is 10.6 Å². The van der Waals surface area contributed by atoms with Crippen molar-refractivity contribution in [3.8, 4) is 0 Å². The van der Waals surface area contributed by atoms with E-state index >= 15 is 0 Å². The Morgan fingerprint density at radius 2 is 1.09 bits per heavy atom. The van der Waals surface area contributed by atoms with E-state index in [9.17, 15) is 9.59 Å². The first-order chi connectivity index (χ1) is 10.5. The summed E-state index contributed by atoms with van der Waals surface area (Å²) in [7, 11) is 0. The fraction of sp³-hybridized carbons (Fsp3) is 0.889. The van der Waals surface area contributed by atoms with Gasteiger partial charge in [-0.25, -0.2) is 0 Å². The molecular formula is C18H36N2O2. The highest BCUT2D eigenvalue weighted by Crippen LogP contribution is 2.05. The van der Waals surface area contributed by atoms with E-state index in [0.717, 1.165) is 25.7 Å². The van der Waals surface area contributed by atoms with Gasteiger partial charge in [-0.15, -0.1) is 0 Å². The lowest BCUT2D eigenvalue weighted by atomic mass is 10.1. The Morgan fingerprint density at radius 1 is 0.727 bits per heavy atom. The molecule has 0 aliphatic heterocycles. The predicted octanol–water partition coefficient (Wildman–Crippen LogP) is 3.94. The molecular weight excluding hydrogens is 276 g/mol. The molecule has 0 radical (unpaired) electrons. The Bertz CT molecular complexity index is 275. The Morgan fingerprint density at radius 3 is 1.41 bits per heavy atom. The van der Waals surface area contributed by atoms with Gasteiger partial charge in [0, 0.05) is 24.9 Å². The van der Waals surface area contributed by atoms with Crippen LogP contribution in [0, 0.1) is 0 Å². The fourth-order valence-corrected chi connectivity index (χ4v) is 2.47. The molecule has 0 aliphatic carbocycles. The highest BCUT2D eigenvalue weighted by molar-refractivity contribution is 5.83. The van der Waals surface area contributed by atoms with Gasteiger partial charge in [0.05, 0.1) is 0 Å². The molecule has 0 unspecified atom stereocenters. The molecule has 0 aromatic heterocycles. The second-order valence-electron chi connectivity index (χ2n) is 6.43. The van der Waals surface area contributed by atoms with Crippen LogP contribution in [-0.4, -0.2) is 23.9 Å². The van der Waals surface area contributed by atoms with Crippen molar-refractivity contribution in [2.45, 2.75) is 104 Å². The highest BCUT2D eigenvalue weighted by Gasteiger charge is 2.11. The van der Waals surface area contributed by atoms with Crippen molar-refractivity contribution in [1.29, 1.82) is 0 Å². The monoisotopic (exact) mass is 312 g/mol. The van der Waals surface area contributed by atoms with Gasteiger partial charge in [0.1, 0.15) is 0 Å². The number of carbonyl (C=O) groups is 2. The number of hydrogen-bond acceptors (Lipinski definition) is 2. The molecule has 0 heterocycles. The van der Waals surface area contributed by atoms with Gasteiger partial charge in [0.15, 0.2) is 0 Å². The van der Waals surface area contributed by atoms with Crippen molar-refractivity contribution in [2.75, 3.05) is 0 Å². The zero-order valence-electron chi connectivity index (χ0n) is 15.0. The number of nitrogens with one attached hydrogen (secondary N) is 2. The van der Waals surface area contributed by atoms with Crippen LogP contribution in [-0.2, 0) is 9.59 Å². The summed E-state index contributed by atoms with van der Waals surface area (Å²) in [6.07, 6.45) is 9.69. The first kappa shape index (κ1) is 20.9. The maximum absolute atomic E-state index is 11.8. The van der Waals surface area contributed by atoms with Crippen molar-refractivity contribution >= 4 is 11.8 Å². The molecule has 0 aliphatic rings. The summed E-state index contributed by atoms with van der Waals surface area (Å²) in [5.74, 6) is -0.0319. The molecule has 130 valence electrons. The number of carbonyl (C=O) groups excluding carboxylic acids is 2. The van der Waals surface area contributed by atoms with E-state index < -0.39 is 0 Å². The minimum Gasteiger partial charge on any atom is -0.354 e. The van der Waals surface area contributed by atoms with Gasteiger partial charge in [-0.2, -0.15) is 0 Å². The molecule has 2 amide bonds. The predicted molar refractivity (Wildman–Crippen MR) is 92.7 cm³/mol. The highest BCUT2D eigenvalue weighted by atomic mass is 16.2. The first-order valence-electron chi connectivity index (χ1n) is 9.08. The third-order valence-electron chi connectivity index (χ3n) is 3.88. The average Bonchev–Trinajstić information content (AvgIpc) is 2.45. The summed E-state index contributed by atoms with van der Waals surface area (Å²) in [6, 6.07) is 0.408. The molecule has 0 saturated carbocycles. The number of hydrogen-bond donors (Lipinski definition) is 2. The second-order valence-corrected chi connectivity index (χ2v) is 6.43. The van der Waals surface area contributed by atoms with Crippen LogP contribution in [0.25, 0.3) is 0 Å². The van der Waals surface area contributed by atoms with Gasteiger partial charge in [-0.05, 0) is 26.7 Å². The summed E-state index contributed by atoms with van der Waals surface area (Å²) in [4.78, 5) is 23.6. The van der Waals surface area contributed by atoms with E-state index in [1.165, 1.54) is 25.7 Å². The molecule has 4 nitrogen and oxygen atoms in total. The molecule has 22 heavy (non-hydrogen) atoms. The van der Waals surface area contributed by atoms with E-state index in [1.807, 2.05) is 13.8 Å². The molecule has 0 aromatic rings. The van der Waals surface area contributed by atoms with Crippen molar-refractivity contribution < 1.29 is 9.59 Å².